The van der Waals surface area contributed by atoms with E-state index in [2.05, 4.69) is 10.1 Å². The summed E-state index contributed by atoms with van der Waals surface area (Å²) in [4.78, 5) is 16.9. The van der Waals surface area contributed by atoms with E-state index in [9.17, 15) is 4.79 Å². The number of aromatic nitrogens is 1. The maximum absolute atomic E-state index is 12.5. The Bertz CT molecular complexity index is 516. The molecule has 1 spiro atoms. The van der Waals surface area contributed by atoms with E-state index in [-0.39, 0.29) is 11.4 Å². The number of amides is 1. The van der Waals surface area contributed by atoms with E-state index in [4.69, 9.17) is 9.26 Å². The molecular formula is C15H23N3O3. The van der Waals surface area contributed by atoms with Gasteiger partial charge in [0.25, 0.3) is 5.91 Å². The highest BCUT2D eigenvalue weighted by Gasteiger charge is 2.47. The van der Waals surface area contributed by atoms with E-state index in [0.29, 0.717) is 11.5 Å². The Kier molecular flexibility index (Phi) is 3.99. The number of rotatable bonds is 4. The average molecular weight is 293 g/mol. The van der Waals surface area contributed by atoms with E-state index in [1.165, 1.54) is 12.8 Å². The van der Waals surface area contributed by atoms with Gasteiger partial charge in [0.05, 0.1) is 6.61 Å². The first-order valence-electron chi connectivity index (χ1n) is 7.61. The van der Waals surface area contributed by atoms with Gasteiger partial charge in [0.1, 0.15) is 5.76 Å². The summed E-state index contributed by atoms with van der Waals surface area (Å²) < 4.78 is 10.2. The molecule has 2 aliphatic heterocycles. The van der Waals surface area contributed by atoms with E-state index >= 15 is 0 Å². The molecule has 2 aliphatic rings. The number of methoxy groups -OCH3 is 1. The van der Waals surface area contributed by atoms with Crippen molar-refractivity contribution in [3.05, 3.63) is 17.5 Å². The number of aryl methyl sites for hydroxylation is 1. The molecule has 3 heterocycles. The van der Waals surface area contributed by atoms with E-state index in [1.54, 1.807) is 20.1 Å². The van der Waals surface area contributed by atoms with Crippen molar-refractivity contribution in [2.45, 2.75) is 31.7 Å². The van der Waals surface area contributed by atoms with Crippen molar-refractivity contribution in [2.24, 2.45) is 0 Å². The summed E-state index contributed by atoms with van der Waals surface area (Å²) in [5.74, 6) is 0.667. The van der Waals surface area contributed by atoms with Crippen LogP contribution in [0.2, 0.25) is 0 Å². The molecule has 116 valence electrons. The van der Waals surface area contributed by atoms with Crippen LogP contribution in [0.3, 0.4) is 0 Å². The fourth-order valence-electron chi connectivity index (χ4n) is 3.51. The molecule has 1 atom stereocenters. The summed E-state index contributed by atoms with van der Waals surface area (Å²) in [5.41, 5.74) is 0.581. The SMILES string of the molecule is COCCN1CC[C@@]12CCCN(C(=O)c1cc(C)on1)C2. The number of nitrogens with zero attached hydrogens (tertiary/aromatic N) is 3. The summed E-state index contributed by atoms with van der Waals surface area (Å²) in [6.07, 6.45) is 3.38. The van der Waals surface area contributed by atoms with Gasteiger partial charge in [-0.15, -0.1) is 0 Å². The minimum absolute atomic E-state index is 0.00971. The lowest BCUT2D eigenvalue weighted by Gasteiger charge is -2.57. The first-order valence-corrected chi connectivity index (χ1v) is 7.61. The fourth-order valence-corrected chi connectivity index (χ4v) is 3.51. The molecule has 2 fully saturated rings. The predicted molar refractivity (Wildman–Crippen MR) is 77.2 cm³/mol. The van der Waals surface area contributed by atoms with Crippen molar-refractivity contribution in [3.63, 3.8) is 0 Å². The van der Waals surface area contributed by atoms with Gasteiger partial charge in [0, 0.05) is 44.9 Å². The predicted octanol–water partition coefficient (Wildman–Crippen LogP) is 1.31. The molecular weight excluding hydrogens is 270 g/mol. The van der Waals surface area contributed by atoms with Crippen LogP contribution in [-0.4, -0.2) is 66.3 Å². The number of carbonyl (C=O) groups excluding carboxylic acids is 1. The first-order chi connectivity index (χ1) is 10.1. The first kappa shape index (κ1) is 14.5. The fraction of sp³-hybridized carbons (Fsp3) is 0.733. The van der Waals surface area contributed by atoms with Gasteiger partial charge in [-0.2, -0.15) is 0 Å². The Hall–Kier alpha value is -1.40. The Morgan fingerprint density at radius 2 is 2.33 bits per heavy atom. The van der Waals surface area contributed by atoms with Crippen LogP contribution < -0.4 is 0 Å². The summed E-state index contributed by atoms with van der Waals surface area (Å²) in [7, 11) is 1.73. The molecule has 6 heteroatoms. The molecule has 0 aliphatic carbocycles. The molecule has 3 rings (SSSR count). The van der Waals surface area contributed by atoms with Gasteiger partial charge < -0.3 is 14.2 Å². The molecule has 2 saturated heterocycles. The number of ether oxygens (including phenoxy) is 1. The number of carbonyl (C=O) groups is 1. The van der Waals surface area contributed by atoms with Gasteiger partial charge in [0.2, 0.25) is 0 Å². The Morgan fingerprint density at radius 3 is 2.95 bits per heavy atom. The number of hydrogen-bond donors (Lipinski definition) is 0. The lowest BCUT2D eigenvalue weighted by atomic mass is 9.77. The molecule has 0 N–H and O–H groups in total. The maximum Gasteiger partial charge on any atom is 0.276 e. The zero-order valence-corrected chi connectivity index (χ0v) is 12.8. The molecule has 1 aromatic heterocycles. The lowest BCUT2D eigenvalue weighted by molar-refractivity contribution is -0.0680. The maximum atomic E-state index is 12.5. The van der Waals surface area contributed by atoms with Crippen LogP contribution in [0.15, 0.2) is 10.6 Å². The Labute approximate surface area is 125 Å². The molecule has 21 heavy (non-hydrogen) atoms. The monoisotopic (exact) mass is 293 g/mol. The van der Waals surface area contributed by atoms with Gasteiger partial charge in [-0.1, -0.05) is 5.16 Å². The highest BCUT2D eigenvalue weighted by atomic mass is 16.5. The standard InChI is InChI=1S/C15H23N3O3/c1-12-10-13(16-21-12)14(19)17-6-3-4-15(11-17)5-7-18(15)8-9-20-2/h10H,3-9,11H2,1-2H3/t15-/m1/s1. The number of hydrogen-bond acceptors (Lipinski definition) is 5. The molecule has 6 nitrogen and oxygen atoms in total. The van der Waals surface area contributed by atoms with Gasteiger partial charge >= 0.3 is 0 Å². The van der Waals surface area contributed by atoms with Crippen molar-refractivity contribution in [1.29, 1.82) is 0 Å². The van der Waals surface area contributed by atoms with Gasteiger partial charge in [-0.25, -0.2) is 0 Å². The molecule has 1 aromatic rings. The number of likely N-dealkylation sites (tertiary alicyclic amines) is 2. The Morgan fingerprint density at radius 1 is 1.48 bits per heavy atom. The minimum atomic E-state index is -0.00971. The van der Waals surface area contributed by atoms with Crippen LogP contribution in [0.1, 0.15) is 35.5 Å². The molecule has 0 unspecified atom stereocenters. The zero-order valence-electron chi connectivity index (χ0n) is 12.8. The minimum Gasteiger partial charge on any atom is -0.383 e. The van der Waals surface area contributed by atoms with Gasteiger partial charge in [0.15, 0.2) is 5.69 Å². The quantitative estimate of drug-likeness (QED) is 0.837. The second-order valence-electron chi connectivity index (χ2n) is 6.11. The Balaban J connectivity index is 1.67. The van der Waals surface area contributed by atoms with Crippen molar-refractivity contribution in [2.75, 3.05) is 39.9 Å². The van der Waals surface area contributed by atoms with Crippen LogP contribution in [0.5, 0.6) is 0 Å². The van der Waals surface area contributed by atoms with Gasteiger partial charge in [-0.05, 0) is 26.2 Å². The number of piperidine rings is 1. The second-order valence-corrected chi connectivity index (χ2v) is 6.11. The average Bonchev–Trinajstić information content (AvgIpc) is 2.92. The summed E-state index contributed by atoms with van der Waals surface area (Å²) in [6.45, 7) is 6.21. The molecule has 1 amide bonds. The van der Waals surface area contributed by atoms with E-state index < -0.39 is 0 Å². The highest BCUT2D eigenvalue weighted by Crippen LogP contribution is 2.38. The highest BCUT2D eigenvalue weighted by molar-refractivity contribution is 5.92. The van der Waals surface area contributed by atoms with Crippen LogP contribution in [0, 0.1) is 6.92 Å². The van der Waals surface area contributed by atoms with Crippen molar-refractivity contribution in [3.8, 4) is 0 Å². The second kappa shape index (κ2) is 5.77. The molecule has 0 radical (unpaired) electrons. The summed E-state index contributed by atoms with van der Waals surface area (Å²) in [6, 6.07) is 1.72. The summed E-state index contributed by atoms with van der Waals surface area (Å²) >= 11 is 0. The topological polar surface area (TPSA) is 58.8 Å². The normalized spacial score (nSPS) is 26.1. The van der Waals surface area contributed by atoms with E-state index in [0.717, 1.165) is 39.2 Å². The molecule has 0 bridgehead atoms. The lowest BCUT2D eigenvalue weighted by Crippen LogP contribution is -2.67. The molecule has 0 aromatic carbocycles. The van der Waals surface area contributed by atoms with Gasteiger partial charge in [-0.3, -0.25) is 9.69 Å². The van der Waals surface area contributed by atoms with Crippen molar-refractivity contribution in [1.82, 2.24) is 15.0 Å². The van der Waals surface area contributed by atoms with Crippen LogP contribution in [-0.2, 0) is 4.74 Å². The zero-order chi connectivity index (χ0) is 14.9. The third-order valence-electron chi connectivity index (χ3n) is 4.77. The van der Waals surface area contributed by atoms with Crippen molar-refractivity contribution >= 4 is 5.91 Å². The third-order valence-corrected chi connectivity index (χ3v) is 4.77. The van der Waals surface area contributed by atoms with Crippen LogP contribution >= 0.6 is 0 Å². The van der Waals surface area contributed by atoms with Crippen LogP contribution in [0.25, 0.3) is 0 Å². The van der Waals surface area contributed by atoms with Crippen LogP contribution in [0.4, 0.5) is 0 Å². The largest absolute Gasteiger partial charge is 0.383 e. The summed E-state index contributed by atoms with van der Waals surface area (Å²) in [5, 5.41) is 3.85. The third kappa shape index (κ3) is 2.70. The van der Waals surface area contributed by atoms with E-state index in [1.807, 2.05) is 4.90 Å². The smallest absolute Gasteiger partial charge is 0.276 e. The molecule has 0 saturated carbocycles. The van der Waals surface area contributed by atoms with Crippen molar-refractivity contribution < 1.29 is 14.1 Å².